The van der Waals surface area contributed by atoms with Crippen LogP contribution in [0.1, 0.15) is 63.1 Å². The number of nitrogens with one attached hydrogen (secondary N) is 2. The van der Waals surface area contributed by atoms with Gasteiger partial charge in [0, 0.05) is 18.5 Å². The Bertz CT molecular complexity index is 1020. The number of carbonyl (C=O) groups excluding carboxylic acids is 3. The second kappa shape index (κ2) is 11.1. The zero-order chi connectivity index (χ0) is 23.8. The summed E-state index contributed by atoms with van der Waals surface area (Å²) in [4.78, 5) is 36.8. The average molecular weight is 439 g/mol. The molecule has 0 saturated carbocycles. The highest BCUT2D eigenvalue weighted by molar-refractivity contribution is 5.95. The smallest absolute Gasteiger partial charge is 0.273 e. The molecule has 0 radical (unpaired) electrons. The van der Waals surface area contributed by atoms with Gasteiger partial charge >= 0.3 is 0 Å². The first-order valence-electron chi connectivity index (χ1n) is 10.6. The number of carbonyl (C=O) groups is 3. The molecule has 1 atom stereocenters. The monoisotopic (exact) mass is 438 g/mol. The number of nitriles is 1. The van der Waals surface area contributed by atoms with Crippen LogP contribution >= 0.6 is 0 Å². The Morgan fingerprint density at radius 3 is 2.62 bits per heavy atom. The SMILES string of the molecule is CC(C)C.CCC(=O)NCN1C[C@H](C)n2nc(-c3ccc(C#N)cc3NC=O)cc2C1=O. The summed E-state index contributed by atoms with van der Waals surface area (Å²) in [6, 6.07) is 8.47. The zero-order valence-corrected chi connectivity index (χ0v) is 19.2. The van der Waals surface area contributed by atoms with Gasteiger partial charge in [-0.3, -0.25) is 19.1 Å². The number of nitrogens with zero attached hydrogens (tertiary/aromatic N) is 4. The van der Waals surface area contributed by atoms with Crippen LogP contribution in [0.25, 0.3) is 11.3 Å². The summed E-state index contributed by atoms with van der Waals surface area (Å²) in [5.41, 5.74) is 2.37. The summed E-state index contributed by atoms with van der Waals surface area (Å²) < 4.78 is 1.65. The Labute approximate surface area is 188 Å². The molecule has 0 bridgehead atoms. The van der Waals surface area contributed by atoms with Crippen LogP contribution in [-0.2, 0) is 9.59 Å². The molecule has 0 aliphatic carbocycles. The molecule has 0 unspecified atom stereocenters. The van der Waals surface area contributed by atoms with Crippen molar-refractivity contribution in [1.29, 1.82) is 5.26 Å². The van der Waals surface area contributed by atoms with Gasteiger partial charge in [-0.2, -0.15) is 10.4 Å². The van der Waals surface area contributed by atoms with Gasteiger partial charge < -0.3 is 15.5 Å². The number of rotatable bonds is 6. The Morgan fingerprint density at radius 2 is 2.03 bits per heavy atom. The first kappa shape index (κ1) is 24.6. The number of anilines is 1. The zero-order valence-electron chi connectivity index (χ0n) is 19.2. The Kier molecular flexibility index (Phi) is 8.53. The molecule has 170 valence electrons. The summed E-state index contributed by atoms with van der Waals surface area (Å²) in [6.45, 7) is 10.7. The van der Waals surface area contributed by atoms with Gasteiger partial charge in [0.15, 0.2) is 0 Å². The van der Waals surface area contributed by atoms with E-state index in [4.69, 9.17) is 5.26 Å². The molecule has 2 N–H and O–H groups in total. The van der Waals surface area contributed by atoms with Gasteiger partial charge in [0.1, 0.15) is 5.69 Å². The topological polar surface area (TPSA) is 120 Å². The molecule has 0 spiro atoms. The molecule has 0 fully saturated rings. The third-order valence-electron chi connectivity index (χ3n) is 4.57. The van der Waals surface area contributed by atoms with Crippen LogP contribution in [0.2, 0.25) is 0 Å². The molecule has 1 aliphatic rings. The van der Waals surface area contributed by atoms with Crippen LogP contribution in [0.3, 0.4) is 0 Å². The molecule has 1 aliphatic heterocycles. The summed E-state index contributed by atoms with van der Waals surface area (Å²) in [5.74, 6) is 0.481. The minimum absolute atomic E-state index is 0.0826. The van der Waals surface area contributed by atoms with Crippen molar-refractivity contribution in [2.75, 3.05) is 18.5 Å². The van der Waals surface area contributed by atoms with Crippen molar-refractivity contribution in [3.63, 3.8) is 0 Å². The van der Waals surface area contributed by atoms with E-state index >= 15 is 0 Å². The number of benzene rings is 1. The largest absolute Gasteiger partial charge is 0.338 e. The third kappa shape index (κ3) is 5.94. The van der Waals surface area contributed by atoms with E-state index in [1.165, 1.54) is 0 Å². The predicted octanol–water partition coefficient (Wildman–Crippen LogP) is 3.15. The van der Waals surface area contributed by atoms with Crippen LogP contribution in [-0.4, -0.2) is 46.1 Å². The fraction of sp³-hybridized carbons (Fsp3) is 0.435. The number of fused-ring (bicyclic) bond motifs is 1. The van der Waals surface area contributed by atoms with E-state index in [9.17, 15) is 14.4 Å². The normalized spacial score (nSPS) is 14.7. The van der Waals surface area contributed by atoms with E-state index < -0.39 is 0 Å². The standard InChI is InChI=1S/C19H20N6O3.C4H10/c1-3-18(27)21-10-24-9-12(2)25-17(19(24)28)7-16(23-25)14-5-4-13(8-20)6-15(14)22-11-26;1-4(2)3/h4-7,11-12H,3,9-10H2,1-2H3,(H,21,27)(H,22,26);4H,1-3H3/t12-;/m0./s1. The Hall–Kier alpha value is -3.67. The maximum Gasteiger partial charge on any atom is 0.273 e. The lowest BCUT2D eigenvalue weighted by Gasteiger charge is -2.31. The molecule has 1 aromatic heterocycles. The van der Waals surface area contributed by atoms with Gasteiger partial charge in [-0.05, 0) is 37.1 Å². The van der Waals surface area contributed by atoms with Crippen molar-refractivity contribution in [1.82, 2.24) is 20.0 Å². The molecule has 9 heteroatoms. The summed E-state index contributed by atoms with van der Waals surface area (Å²) in [7, 11) is 0. The molecule has 0 saturated heterocycles. The lowest BCUT2D eigenvalue weighted by molar-refractivity contribution is -0.121. The lowest BCUT2D eigenvalue weighted by Crippen LogP contribution is -2.47. The average Bonchev–Trinajstić information content (AvgIpc) is 3.21. The summed E-state index contributed by atoms with van der Waals surface area (Å²) >= 11 is 0. The highest BCUT2D eigenvalue weighted by Gasteiger charge is 2.31. The fourth-order valence-corrected chi connectivity index (χ4v) is 3.13. The third-order valence-corrected chi connectivity index (χ3v) is 4.57. The van der Waals surface area contributed by atoms with Crippen LogP contribution in [0, 0.1) is 17.2 Å². The van der Waals surface area contributed by atoms with Crippen molar-refractivity contribution in [3.05, 3.63) is 35.5 Å². The molecule has 32 heavy (non-hydrogen) atoms. The Balaban J connectivity index is 0.000000837. The van der Waals surface area contributed by atoms with Gasteiger partial charge in [-0.1, -0.05) is 27.7 Å². The first-order chi connectivity index (χ1) is 15.2. The van der Waals surface area contributed by atoms with Gasteiger partial charge in [0.25, 0.3) is 5.91 Å². The number of amides is 3. The molecule has 3 rings (SSSR count). The van der Waals surface area contributed by atoms with Gasteiger partial charge in [0.2, 0.25) is 12.3 Å². The van der Waals surface area contributed by atoms with E-state index in [2.05, 4.69) is 36.5 Å². The van der Waals surface area contributed by atoms with Crippen LogP contribution < -0.4 is 10.6 Å². The van der Waals surface area contributed by atoms with E-state index in [1.807, 2.05) is 13.0 Å². The van der Waals surface area contributed by atoms with E-state index in [1.54, 1.807) is 40.8 Å². The second-order valence-electron chi connectivity index (χ2n) is 8.21. The molecule has 3 amide bonds. The van der Waals surface area contributed by atoms with Crippen molar-refractivity contribution >= 4 is 23.9 Å². The quantitative estimate of drug-likeness (QED) is 0.671. The van der Waals surface area contributed by atoms with Gasteiger partial charge in [-0.15, -0.1) is 0 Å². The van der Waals surface area contributed by atoms with Crippen LogP contribution in [0.4, 0.5) is 5.69 Å². The Morgan fingerprint density at radius 1 is 1.34 bits per heavy atom. The lowest BCUT2D eigenvalue weighted by atomic mass is 10.1. The van der Waals surface area contributed by atoms with Crippen molar-refractivity contribution < 1.29 is 14.4 Å². The molecule has 2 aromatic rings. The summed E-state index contributed by atoms with van der Waals surface area (Å²) in [5, 5.41) is 18.9. The van der Waals surface area contributed by atoms with Crippen molar-refractivity contribution in [2.24, 2.45) is 5.92 Å². The molecule has 2 heterocycles. The molecule has 9 nitrogen and oxygen atoms in total. The minimum Gasteiger partial charge on any atom is -0.338 e. The number of hydrogen-bond donors (Lipinski definition) is 2. The van der Waals surface area contributed by atoms with E-state index in [-0.39, 0.29) is 24.5 Å². The van der Waals surface area contributed by atoms with Crippen molar-refractivity contribution in [2.45, 2.75) is 47.1 Å². The predicted molar refractivity (Wildman–Crippen MR) is 122 cm³/mol. The molecule has 1 aromatic carbocycles. The highest BCUT2D eigenvalue weighted by Crippen LogP contribution is 2.31. The van der Waals surface area contributed by atoms with E-state index in [0.717, 1.165) is 5.92 Å². The fourth-order valence-electron chi connectivity index (χ4n) is 3.13. The number of hydrogen-bond acceptors (Lipinski definition) is 5. The van der Waals surface area contributed by atoms with Crippen molar-refractivity contribution in [3.8, 4) is 17.3 Å². The molecular formula is C23H30N6O3. The van der Waals surface area contributed by atoms with E-state index in [0.29, 0.717) is 47.6 Å². The van der Waals surface area contributed by atoms with Crippen LogP contribution in [0.15, 0.2) is 24.3 Å². The van der Waals surface area contributed by atoms with Crippen LogP contribution in [0.5, 0.6) is 0 Å². The first-order valence-corrected chi connectivity index (χ1v) is 10.6. The van der Waals surface area contributed by atoms with Gasteiger partial charge in [-0.25, -0.2) is 0 Å². The highest BCUT2D eigenvalue weighted by atomic mass is 16.2. The maximum atomic E-state index is 12.8. The maximum absolute atomic E-state index is 12.8. The second-order valence-corrected chi connectivity index (χ2v) is 8.21. The molecular weight excluding hydrogens is 408 g/mol. The summed E-state index contributed by atoms with van der Waals surface area (Å²) in [6.07, 6.45) is 0.882. The number of aromatic nitrogens is 2. The minimum atomic E-state index is -0.230. The van der Waals surface area contributed by atoms with Gasteiger partial charge in [0.05, 0.1) is 35.7 Å².